The van der Waals surface area contributed by atoms with Crippen molar-refractivity contribution in [1.29, 1.82) is 0 Å². The molecule has 2 aromatic rings. The number of nitrogens with one attached hydrogen (secondary N) is 1. The van der Waals surface area contributed by atoms with Crippen molar-refractivity contribution in [2.24, 2.45) is 0 Å². The number of aryl methyl sites for hydroxylation is 2. The van der Waals surface area contributed by atoms with E-state index in [1.807, 2.05) is 11.6 Å². The Kier molecular flexibility index (Phi) is 3.90. The molecule has 1 atom stereocenters. The maximum Gasteiger partial charge on any atom is 0.179 e. The lowest BCUT2D eigenvalue weighted by Crippen LogP contribution is -2.51. The Morgan fingerprint density at radius 3 is 2.81 bits per heavy atom. The Bertz CT molecular complexity index is 696. The van der Waals surface area contributed by atoms with Crippen LogP contribution in [0, 0.1) is 11.7 Å². The molecule has 1 aliphatic rings. The molecule has 2 aromatic heterocycles. The van der Waals surface area contributed by atoms with E-state index in [0.717, 1.165) is 54.4 Å². The summed E-state index contributed by atoms with van der Waals surface area (Å²) in [7, 11) is 4.39. The van der Waals surface area contributed by atoms with E-state index in [9.17, 15) is 0 Å². The highest BCUT2D eigenvalue weighted by Crippen LogP contribution is 2.20. The fraction of sp³-hybridized carbons (Fsp3) is 0.714. The second-order valence-electron chi connectivity index (χ2n) is 6.04. The van der Waals surface area contributed by atoms with Crippen molar-refractivity contribution < 1.29 is 0 Å². The van der Waals surface area contributed by atoms with E-state index in [-0.39, 0.29) is 0 Å². The number of likely N-dealkylation sites (N-methyl/N-ethyl adjacent to an activating group) is 2. The number of nitrogens with zero attached hydrogens (tertiary/aromatic N) is 5. The van der Waals surface area contributed by atoms with Crippen LogP contribution in [0.1, 0.15) is 12.6 Å². The molecular formula is C14H24N6S. The summed E-state index contributed by atoms with van der Waals surface area (Å²) in [6.07, 6.45) is 0. The SMILES string of the molecule is CCn1nc(C)c2[nH]c(=S)n(CC3CN(C)CCN3C)c21. The minimum absolute atomic E-state index is 0.481. The van der Waals surface area contributed by atoms with Crippen LogP contribution in [0.15, 0.2) is 0 Å². The number of imidazole rings is 1. The quantitative estimate of drug-likeness (QED) is 0.872. The molecule has 1 N–H and O–H groups in total. The molecule has 0 amide bonds. The van der Waals surface area contributed by atoms with Crippen LogP contribution in [0.25, 0.3) is 11.2 Å². The zero-order valence-electron chi connectivity index (χ0n) is 13.3. The average Bonchev–Trinajstić information content (AvgIpc) is 2.93. The van der Waals surface area contributed by atoms with Crippen molar-refractivity contribution >= 4 is 23.4 Å². The maximum absolute atomic E-state index is 5.54. The summed E-state index contributed by atoms with van der Waals surface area (Å²) >= 11 is 5.54. The smallest absolute Gasteiger partial charge is 0.179 e. The number of aromatic nitrogens is 4. The first kappa shape index (κ1) is 14.7. The van der Waals surface area contributed by atoms with E-state index in [2.05, 4.69) is 45.5 Å². The molecule has 1 saturated heterocycles. The zero-order chi connectivity index (χ0) is 15.1. The van der Waals surface area contributed by atoms with Gasteiger partial charge in [0.05, 0.1) is 5.69 Å². The van der Waals surface area contributed by atoms with Gasteiger partial charge in [-0.15, -0.1) is 0 Å². The molecule has 1 fully saturated rings. The van der Waals surface area contributed by atoms with Gasteiger partial charge in [0.25, 0.3) is 0 Å². The van der Waals surface area contributed by atoms with Crippen molar-refractivity contribution in [2.45, 2.75) is 33.0 Å². The molecule has 0 aromatic carbocycles. The van der Waals surface area contributed by atoms with Crippen LogP contribution in [0.2, 0.25) is 0 Å². The molecule has 0 bridgehead atoms. The molecule has 6 nitrogen and oxygen atoms in total. The Labute approximate surface area is 130 Å². The van der Waals surface area contributed by atoms with Gasteiger partial charge < -0.3 is 14.5 Å². The summed E-state index contributed by atoms with van der Waals surface area (Å²) in [6, 6.07) is 0.481. The highest BCUT2D eigenvalue weighted by atomic mass is 32.1. The minimum atomic E-state index is 0.481. The van der Waals surface area contributed by atoms with E-state index in [1.54, 1.807) is 0 Å². The van der Waals surface area contributed by atoms with Crippen molar-refractivity contribution in [3.05, 3.63) is 10.5 Å². The molecule has 116 valence electrons. The van der Waals surface area contributed by atoms with Crippen LogP contribution in [0.5, 0.6) is 0 Å². The van der Waals surface area contributed by atoms with Crippen LogP contribution in [0.3, 0.4) is 0 Å². The van der Waals surface area contributed by atoms with Gasteiger partial charge in [0.1, 0.15) is 5.52 Å². The van der Waals surface area contributed by atoms with Crippen molar-refractivity contribution in [2.75, 3.05) is 33.7 Å². The van der Waals surface area contributed by atoms with Gasteiger partial charge in [-0.05, 0) is 40.2 Å². The molecule has 0 saturated carbocycles. The normalized spacial score (nSPS) is 21.4. The van der Waals surface area contributed by atoms with Gasteiger partial charge in [-0.1, -0.05) is 0 Å². The molecule has 0 radical (unpaired) electrons. The number of piperazine rings is 1. The Hall–Kier alpha value is -1.18. The lowest BCUT2D eigenvalue weighted by atomic mass is 10.2. The van der Waals surface area contributed by atoms with Gasteiger partial charge in [-0.3, -0.25) is 4.90 Å². The summed E-state index contributed by atoms with van der Waals surface area (Å²) in [5, 5.41) is 4.59. The second-order valence-corrected chi connectivity index (χ2v) is 6.42. The molecule has 1 unspecified atom stereocenters. The first-order valence-corrected chi connectivity index (χ1v) is 7.96. The van der Waals surface area contributed by atoms with Gasteiger partial charge >= 0.3 is 0 Å². The molecule has 3 heterocycles. The monoisotopic (exact) mass is 308 g/mol. The molecule has 3 rings (SSSR count). The van der Waals surface area contributed by atoms with Crippen LogP contribution in [-0.2, 0) is 13.1 Å². The Morgan fingerprint density at radius 1 is 1.33 bits per heavy atom. The maximum atomic E-state index is 5.54. The predicted molar refractivity (Wildman–Crippen MR) is 87.2 cm³/mol. The van der Waals surface area contributed by atoms with E-state index in [4.69, 9.17) is 12.2 Å². The lowest BCUT2D eigenvalue weighted by Gasteiger charge is -2.37. The van der Waals surface area contributed by atoms with Gasteiger partial charge in [0.2, 0.25) is 0 Å². The van der Waals surface area contributed by atoms with Crippen molar-refractivity contribution in [3.63, 3.8) is 0 Å². The molecule has 0 aliphatic carbocycles. The summed E-state index contributed by atoms with van der Waals surface area (Å²) in [5.74, 6) is 0. The Morgan fingerprint density at radius 2 is 2.10 bits per heavy atom. The van der Waals surface area contributed by atoms with Crippen LogP contribution < -0.4 is 0 Å². The molecular weight excluding hydrogens is 284 g/mol. The predicted octanol–water partition coefficient (Wildman–Crippen LogP) is 1.47. The third kappa shape index (κ3) is 2.54. The van der Waals surface area contributed by atoms with Crippen LogP contribution in [-0.4, -0.2) is 68.9 Å². The van der Waals surface area contributed by atoms with E-state index < -0.39 is 0 Å². The topological polar surface area (TPSA) is 45.0 Å². The highest BCUT2D eigenvalue weighted by molar-refractivity contribution is 7.71. The number of hydrogen-bond donors (Lipinski definition) is 1. The van der Waals surface area contributed by atoms with E-state index in [1.165, 1.54) is 0 Å². The van der Waals surface area contributed by atoms with Crippen molar-refractivity contribution in [3.8, 4) is 0 Å². The summed E-state index contributed by atoms with van der Waals surface area (Å²) in [4.78, 5) is 8.15. The average molecular weight is 308 g/mol. The van der Waals surface area contributed by atoms with Gasteiger partial charge in [0, 0.05) is 38.8 Å². The number of fused-ring (bicyclic) bond motifs is 1. The first-order chi connectivity index (χ1) is 10.0. The standard InChI is InChI=1S/C14H24N6S/c1-5-20-13-12(10(2)16-20)15-14(21)19(13)9-11-8-17(3)6-7-18(11)4/h11H,5-9H2,1-4H3,(H,15,21). The lowest BCUT2D eigenvalue weighted by molar-refractivity contribution is 0.103. The van der Waals surface area contributed by atoms with Crippen LogP contribution >= 0.6 is 12.2 Å². The third-order valence-corrected chi connectivity index (χ3v) is 4.83. The third-order valence-electron chi connectivity index (χ3n) is 4.51. The van der Waals surface area contributed by atoms with E-state index in [0.29, 0.717) is 6.04 Å². The Balaban J connectivity index is 2.00. The number of hydrogen-bond acceptors (Lipinski definition) is 4. The molecule has 0 spiro atoms. The van der Waals surface area contributed by atoms with Gasteiger partial charge in [-0.2, -0.15) is 5.10 Å². The molecule has 7 heteroatoms. The molecule has 1 aliphatic heterocycles. The summed E-state index contributed by atoms with van der Waals surface area (Å²) < 4.78 is 5.06. The number of aromatic amines is 1. The minimum Gasteiger partial charge on any atom is -0.328 e. The summed E-state index contributed by atoms with van der Waals surface area (Å²) in [5.41, 5.74) is 3.22. The highest BCUT2D eigenvalue weighted by Gasteiger charge is 2.24. The zero-order valence-corrected chi connectivity index (χ0v) is 14.1. The number of rotatable bonds is 3. The first-order valence-electron chi connectivity index (χ1n) is 7.56. The number of H-pyrrole nitrogens is 1. The largest absolute Gasteiger partial charge is 0.328 e. The summed E-state index contributed by atoms with van der Waals surface area (Å²) in [6.45, 7) is 9.23. The fourth-order valence-corrected chi connectivity index (χ4v) is 3.42. The van der Waals surface area contributed by atoms with Crippen LogP contribution in [0.4, 0.5) is 0 Å². The second kappa shape index (κ2) is 5.55. The van der Waals surface area contributed by atoms with Crippen molar-refractivity contribution in [1.82, 2.24) is 29.1 Å². The fourth-order valence-electron chi connectivity index (χ4n) is 3.16. The van der Waals surface area contributed by atoms with Gasteiger partial charge in [-0.25, -0.2) is 4.68 Å². The van der Waals surface area contributed by atoms with Gasteiger partial charge in [0.15, 0.2) is 10.4 Å². The molecule has 21 heavy (non-hydrogen) atoms. The van der Waals surface area contributed by atoms with E-state index >= 15 is 0 Å².